The first-order valence-corrected chi connectivity index (χ1v) is 9.03. The monoisotopic (exact) mass is 421 g/mol. The quantitative estimate of drug-likeness (QED) is 0.325. The molecule has 0 saturated carbocycles. The standard InChI is InChI=1S/C18H29F2N3O6/c1-9(22-17(28)11(3)23-16(27)10(2)21-8-24)14(26)12(15(19)20)7-13(25)29-18(4,5)6/h8-12,15H,7H2,1-6H3,(H,21,24)(H,22,28)(H,23,27). The second kappa shape index (κ2) is 11.4. The van der Waals surface area contributed by atoms with Gasteiger partial charge in [-0.15, -0.1) is 0 Å². The summed E-state index contributed by atoms with van der Waals surface area (Å²) >= 11 is 0. The number of amides is 3. The first kappa shape index (κ1) is 26.4. The van der Waals surface area contributed by atoms with Gasteiger partial charge in [-0.25, -0.2) is 8.78 Å². The fourth-order valence-electron chi connectivity index (χ4n) is 2.19. The Hall–Kier alpha value is -2.59. The molecule has 3 amide bonds. The molecule has 4 unspecified atom stereocenters. The summed E-state index contributed by atoms with van der Waals surface area (Å²) in [4.78, 5) is 58.3. The molecular formula is C18H29F2N3O6. The van der Waals surface area contributed by atoms with Crippen LogP contribution in [0.4, 0.5) is 8.78 Å². The topological polar surface area (TPSA) is 131 Å². The third-order valence-corrected chi connectivity index (χ3v) is 3.73. The second-order valence-electron chi connectivity index (χ2n) is 7.60. The molecule has 166 valence electrons. The Morgan fingerprint density at radius 3 is 1.86 bits per heavy atom. The lowest BCUT2D eigenvalue weighted by molar-refractivity contribution is -0.159. The van der Waals surface area contributed by atoms with E-state index in [0.717, 1.165) is 0 Å². The van der Waals surface area contributed by atoms with Crippen LogP contribution in [0.25, 0.3) is 0 Å². The van der Waals surface area contributed by atoms with Gasteiger partial charge < -0.3 is 20.7 Å². The van der Waals surface area contributed by atoms with Crippen molar-refractivity contribution in [2.75, 3.05) is 0 Å². The van der Waals surface area contributed by atoms with E-state index in [2.05, 4.69) is 16.0 Å². The third kappa shape index (κ3) is 9.95. The van der Waals surface area contributed by atoms with Crippen LogP contribution in [0.5, 0.6) is 0 Å². The maximum atomic E-state index is 13.3. The number of Topliss-reactive ketones (excluding diaryl/α,β-unsaturated/α-hetero) is 1. The molecule has 11 heteroatoms. The van der Waals surface area contributed by atoms with E-state index in [1.165, 1.54) is 20.8 Å². The molecule has 0 bridgehead atoms. The summed E-state index contributed by atoms with van der Waals surface area (Å²) in [5, 5.41) is 6.75. The fraction of sp³-hybridized carbons (Fsp3) is 0.722. The average Bonchev–Trinajstić information content (AvgIpc) is 2.57. The van der Waals surface area contributed by atoms with Gasteiger partial charge in [0.2, 0.25) is 24.6 Å². The van der Waals surface area contributed by atoms with Crippen molar-refractivity contribution >= 4 is 30.0 Å². The number of carbonyl (C=O) groups excluding carboxylic acids is 5. The van der Waals surface area contributed by atoms with Crippen LogP contribution >= 0.6 is 0 Å². The van der Waals surface area contributed by atoms with Gasteiger partial charge in [0.1, 0.15) is 17.7 Å². The zero-order valence-electron chi connectivity index (χ0n) is 17.4. The average molecular weight is 421 g/mol. The Bertz CT molecular complexity index is 621. The fourth-order valence-corrected chi connectivity index (χ4v) is 2.19. The number of alkyl halides is 2. The highest BCUT2D eigenvalue weighted by molar-refractivity contribution is 5.95. The van der Waals surface area contributed by atoms with Gasteiger partial charge in [0.05, 0.1) is 18.4 Å². The van der Waals surface area contributed by atoms with Gasteiger partial charge in [-0.3, -0.25) is 24.0 Å². The molecule has 0 radical (unpaired) electrons. The van der Waals surface area contributed by atoms with Gasteiger partial charge in [0.15, 0.2) is 5.78 Å². The van der Waals surface area contributed by atoms with Crippen molar-refractivity contribution in [1.29, 1.82) is 0 Å². The number of nitrogens with one attached hydrogen (secondary N) is 3. The molecule has 0 aromatic rings. The first-order chi connectivity index (χ1) is 13.2. The summed E-state index contributed by atoms with van der Waals surface area (Å²) in [6.45, 7) is 8.61. The van der Waals surface area contributed by atoms with Crippen molar-refractivity contribution in [3.63, 3.8) is 0 Å². The number of hydrogen-bond acceptors (Lipinski definition) is 6. The smallest absolute Gasteiger partial charge is 0.307 e. The summed E-state index contributed by atoms with van der Waals surface area (Å²) in [7, 11) is 0. The molecule has 0 aromatic carbocycles. The first-order valence-electron chi connectivity index (χ1n) is 9.03. The van der Waals surface area contributed by atoms with Gasteiger partial charge in [0, 0.05) is 0 Å². The van der Waals surface area contributed by atoms with Crippen molar-refractivity contribution in [3.05, 3.63) is 0 Å². The second-order valence-corrected chi connectivity index (χ2v) is 7.60. The van der Waals surface area contributed by atoms with Gasteiger partial charge >= 0.3 is 5.97 Å². The highest BCUT2D eigenvalue weighted by atomic mass is 19.3. The molecule has 0 spiro atoms. The molecule has 3 N–H and O–H groups in total. The minimum absolute atomic E-state index is 0.324. The van der Waals surface area contributed by atoms with E-state index in [4.69, 9.17) is 4.74 Å². The third-order valence-electron chi connectivity index (χ3n) is 3.73. The van der Waals surface area contributed by atoms with E-state index >= 15 is 0 Å². The molecule has 4 atom stereocenters. The SMILES string of the molecule is CC(NC=O)C(=O)NC(C)C(=O)NC(C)C(=O)C(CC(=O)OC(C)(C)C)C(F)F. The van der Waals surface area contributed by atoms with E-state index in [9.17, 15) is 32.8 Å². The minimum Gasteiger partial charge on any atom is -0.460 e. The van der Waals surface area contributed by atoms with Crippen molar-refractivity contribution in [1.82, 2.24) is 16.0 Å². The molecule has 0 aliphatic heterocycles. The molecule has 0 heterocycles. The van der Waals surface area contributed by atoms with Crippen molar-refractivity contribution in [3.8, 4) is 0 Å². The van der Waals surface area contributed by atoms with E-state index in [1.54, 1.807) is 20.8 Å². The Labute approximate surface area is 168 Å². The minimum atomic E-state index is -3.12. The summed E-state index contributed by atoms with van der Waals surface area (Å²) in [6.07, 6.45) is -3.62. The molecule has 0 fully saturated rings. The normalized spacial score (nSPS) is 15.5. The number of esters is 1. The number of halogens is 2. The molecule has 29 heavy (non-hydrogen) atoms. The van der Waals surface area contributed by atoms with Crippen LogP contribution in [0.2, 0.25) is 0 Å². The number of carbonyl (C=O) groups is 5. The summed E-state index contributed by atoms with van der Waals surface area (Å²) in [5.41, 5.74) is -0.893. The Balaban J connectivity index is 4.92. The molecule has 9 nitrogen and oxygen atoms in total. The summed E-state index contributed by atoms with van der Waals surface area (Å²) in [5.74, 6) is -5.36. The number of rotatable bonds is 11. The lowest BCUT2D eigenvalue weighted by atomic mass is 9.95. The largest absolute Gasteiger partial charge is 0.460 e. The molecule has 0 aromatic heterocycles. The summed E-state index contributed by atoms with van der Waals surface area (Å²) in [6, 6.07) is -3.31. The molecule has 0 aliphatic carbocycles. The lowest BCUT2D eigenvalue weighted by Gasteiger charge is -2.24. The zero-order valence-corrected chi connectivity index (χ0v) is 17.4. The highest BCUT2D eigenvalue weighted by Gasteiger charge is 2.36. The van der Waals surface area contributed by atoms with Crippen LogP contribution in [0, 0.1) is 5.92 Å². The molecule has 0 aliphatic rings. The van der Waals surface area contributed by atoms with Crippen molar-refractivity contribution in [2.24, 2.45) is 5.92 Å². The molecule has 0 saturated heterocycles. The van der Waals surface area contributed by atoms with E-state index in [1.807, 2.05) is 0 Å². The molecular weight excluding hydrogens is 392 g/mol. The van der Waals surface area contributed by atoms with Crippen LogP contribution in [-0.4, -0.2) is 60.1 Å². The van der Waals surface area contributed by atoms with Crippen LogP contribution < -0.4 is 16.0 Å². The highest BCUT2D eigenvalue weighted by Crippen LogP contribution is 2.20. The van der Waals surface area contributed by atoms with Gasteiger partial charge in [0.25, 0.3) is 0 Å². The molecule has 0 rings (SSSR count). The number of ketones is 1. The van der Waals surface area contributed by atoms with E-state index < -0.39 is 66.1 Å². The van der Waals surface area contributed by atoms with Gasteiger partial charge in [-0.05, 0) is 41.5 Å². The Morgan fingerprint density at radius 2 is 1.41 bits per heavy atom. The van der Waals surface area contributed by atoms with E-state index in [0.29, 0.717) is 6.41 Å². The van der Waals surface area contributed by atoms with Gasteiger partial charge in [-0.1, -0.05) is 0 Å². The number of ether oxygens (including phenoxy) is 1. The Kier molecular flexibility index (Phi) is 10.4. The van der Waals surface area contributed by atoms with Crippen LogP contribution in [0.1, 0.15) is 48.0 Å². The van der Waals surface area contributed by atoms with Crippen LogP contribution in [0.15, 0.2) is 0 Å². The van der Waals surface area contributed by atoms with Crippen molar-refractivity contribution in [2.45, 2.75) is 78.1 Å². The predicted octanol–water partition coefficient (Wildman–Crippen LogP) is 0.313. The predicted molar refractivity (Wildman–Crippen MR) is 98.8 cm³/mol. The van der Waals surface area contributed by atoms with E-state index in [-0.39, 0.29) is 0 Å². The van der Waals surface area contributed by atoms with Gasteiger partial charge in [-0.2, -0.15) is 0 Å². The maximum absolute atomic E-state index is 13.3. The summed E-state index contributed by atoms with van der Waals surface area (Å²) < 4.78 is 31.6. The number of hydrogen-bond donors (Lipinski definition) is 3. The maximum Gasteiger partial charge on any atom is 0.307 e. The Morgan fingerprint density at radius 1 is 0.931 bits per heavy atom. The lowest BCUT2D eigenvalue weighted by Crippen LogP contribution is -2.53. The zero-order chi connectivity index (χ0) is 22.9. The van der Waals surface area contributed by atoms with Crippen molar-refractivity contribution < 1.29 is 37.5 Å². The van der Waals surface area contributed by atoms with Crippen LogP contribution in [0.3, 0.4) is 0 Å². The van der Waals surface area contributed by atoms with Crippen LogP contribution in [-0.2, 0) is 28.7 Å².